The molecule has 2 N–H and O–H groups in total. The number of hydrogen-bond donors (Lipinski definition) is 2. The van der Waals surface area contributed by atoms with E-state index in [0.717, 1.165) is 25.4 Å². The van der Waals surface area contributed by atoms with Gasteiger partial charge in [0.15, 0.2) is 0 Å². The topological polar surface area (TPSA) is 50.4 Å². The lowest BCUT2D eigenvalue weighted by Crippen LogP contribution is -2.38. The molecule has 0 aliphatic carbocycles. The zero-order chi connectivity index (χ0) is 14.2. The molecule has 1 aromatic rings. The molecule has 1 aliphatic heterocycles. The first kappa shape index (κ1) is 17.5. The third kappa shape index (κ3) is 5.78. The number of nitrogens with one attached hydrogen (secondary N) is 2. The second-order valence-corrected chi connectivity index (χ2v) is 5.05. The lowest BCUT2D eigenvalue weighted by atomic mass is 10.00. The van der Waals surface area contributed by atoms with E-state index in [1.807, 2.05) is 0 Å². The molecule has 1 fully saturated rings. The molecule has 1 aliphatic rings. The summed E-state index contributed by atoms with van der Waals surface area (Å²) < 4.78 is 5.39. The largest absolute Gasteiger partial charge is 0.490 e. The Labute approximate surface area is 132 Å². The molecule has 1 atom stereocenters. The molecule has 0 spiro atoms. The van der Waals surface area contributed by atoms with Crippen LogP contribution in [0.2, 0.25) is 0 Å². The summed E-state index contributed by atoms with van der Waals surface area (Å²) in [5.41, 5.74) is 0.666. The Balaban J connectivity index is 0.00000220. The third-order valence-electron chi connectivity index (χ3n) is 3.43. The number of piperidine rings is 1. The Morgan fingerprint density at radius 3 is 2.81 bits per heavy atom. The lowest BCUT2D eigenvalue weighted by Gasteiger charge is -2.22. The van der Waals surface area contributed by atoms with E-state index in [9.17, 15) is 4.79 Å². The maximum absolute atomic E-state index is 12.0. The molecular formula is C16H23ClN2O2. The van der Waals surface area contributed by atoms with Gasteiger partial charge in [0.25, 0.3) is 5.91 Å². The van der Waals surface area contributed by atoms with Gasteiger partial charge in [-0.3, -0.25) is 4.79 Å². The molecule has 0 radical (unpaired) electrons. The lowest BCUT2D eigenvalue weighted by molar-refractivity contribution is 0.0945. The molecule has 116 valence electrons. The van der Waals surface area contributed by atoms with Crippen LogP contribution in [0.5, 0.6) is 5.75 Å². The number of carbonyl (C=O) groups is 1. The number of carbonyl (C=O) groups excluding carboxylic acids is 1. The van der Waals surface area contributed by atoms with Crippen molar-refractivity contribution in [3.05, 3.63) is 42.5 Å². The summed E-state index contributed by atoms with van der Waals surface area (Å²) >= 11 is 0. The van der Waals surface area contributed by atoms with Crippen molar-refractivity contribution in [2.45, 2.75) is 12.8 Å². The van der Waals surface area contributed by atoms with E-state index in [0.29, 0.717) is 18.1 Å². The Bertz CT molecular complexity index is 442. The van der Waals surface area contributed by atoms with Crippen LogP contribution in [0.25, 0.3) is 0 Å². The molecule has 2 rings (SSSR count). The number of amides is 1. The van der Waals surface area contributed by atoms with Gasteiger partial charge >= 0.3 is 0 Å². The van der Waals surface area contributed by atoms with E-state index in [4.69, 9.17) is 4.74 Å². The molecule has 1 aromatic carbocycles. The molecule has 0 aromatic heterocycles. The van der Waals surface area contributed by atoms with Crippen molar-refractivity contribution in [1.82, 2.24) is 10.6 Å². The highest BCUT2D eigenvalue weighted by atomic mass is 35.5. The first-order valence-electron chi connectivity index (χ1n) is 7.12. The maximum Gasteiger partial charge on any atom is 0.251 e. The molecule has 0 saturated carbocycles. The van der Waals surface area contributed by atoms with E-state index in [1.165, 1.54) is 12.8 Å². The normalized spacial score (nSPS) is 17.4. The third-order valence-corrected chi connectivity index (χ3v) is 3.43. The molecular weight excluding hydrogens is 288 g/mol. The highest BCUT2D eigenvalue weighted by Crippen LogP contribution is 2.13. The van der Waals surface area contributed by atoms with Crippen molar-refractivity contribution in [3.63, 3.8) is 0 Å². The van der Waals surface area contributed by atoms with Crippen molar-refractivity contribution in [2.75, 3.05) is 26.2 Å². The van der Waals surface area contributed by atoms with Gasteiger partial charge in [-0.25, -0.2) is 0 Å². The van der Waals surface area contributed by atoms with Gasteiger partial charge in [-0.1, -0.05) is 12.7 Å². The van der Waals surface area contributed by atoms with E-state index >= 15 is 0 Å². The first-order valence-corrected chi connectivity index (χ1v) is 7.12. The van der Waals surface area contributed by atoms with Crippen LogP contribution in [-0.2, 0) is 0 Å². The number of rotatable bonds is 6. The van der Waals surface area contributed by atoms with E-state index in [2.05, 4.69) is 17.2 Å². The minimum atomic E-state index is -0.0224. The SMILES string of the molecule is C=CCOc1ccc(C(=O)NCC2CCCNC2)cc1.Cl. The molecule has 1 unspecified atom stereocenters. The molecule has 5 heteroatoms. The number of hydrogen-bond acceptors (Lipinski definition) is 3. The van der Waals surface area contributed by atoms with Crippen molar-refractivity contribution in [3.8, 4) is 5.75 Å². The van der Waals surface area contributed by atoms with Gasteiger partial charge in [-0.05, 0) is 56.1 Å². The minimum Gasteiger partial charge on any atom is -0.490 e. The van der Waals surface area contributed by atoms with Gasteiger partial charge in [0.2, 0.25) is 0 Å². The second-order valence-electron chi connectivity index (χ2n) is 5.05. The van der Waals surface area contributed by atoms with Crippen molar-refractivity contribution in [1.29, 1.82) is 0 Å². The Morgan fingerprint density at radius 1 is 1.43 bits per heavy atom. The summed E-state index contributed by atoms with van der Waals surface area (Å²) in [6.07, 6.45) is 4.07. The van der Waals surface area contributed by atoms with E-state index in [-0.39, 0.29) is 18.3 Å². The van der Waals surface area contributed by atoms with Crippen LogP contribution in [0.15, 0.2) is 36.9 Å². The maximum atomic E-state index is 12.0. The monoisotopic (exact) mass is 310 g/mol. The van der Waals surface area contributed by atoms with Gasteiger partial charge in [-0.15, -0.1) is 12.4 Å². The predicted molar refractivity (Wildman–Crippen MR) is 87.3 cm³/mol. The highest BCUT2D eigenvalue weighted by molar-refractivity contribution is 5.94. The molecule has 1 heterocycles. The predicted octanol–water partition coefficient (Wildman–Crippen LogP) is 2.40. The van der Waals surface area contributed by atoms with Crippen LogP contribution in [0, 0.1) is 5.92 Å². The molecule has 1 saturated heterocycles. The summed E-state index contributed by atoms with van der Waals surface area (Å²) in [7, 11) is 0. The summed E-state index contributed by atoms with van der Waals surface area (Å²) in [4.78, 5) is 12.0. The quantitative estimate of drug-likeness (QED) is 0.793. The fourth-order valence-electron chi connectivity index (χ4n) is 2.29. The average Bonchev–Trinajstić information content (AvgIpc) is 2.52. The minimum absolute atomic E-state index is 0. The zero-order valence-electron chi connectivity index (χ0n) is 12.1. The fraction of sp³-hybridized carbons (Fsp3) is 0.438. The van der Waals surface area contributed by atoms with Crippen molar-refractivity contribution >= 4 is 18.3 Å². The fourth-order valence-corrected chi connectivity index (χ4v) is 2.29. The van der Waals surface area contributed by atoms with Gasteiger partial charge in [0.05, 0.1) is 0 Å². The Hall–Kier alpha value is -1.52. The smallest absolute Gasteiger partial charge is 0.251 e. The first-order chi connectivity index (χ1) is 9.79. The van der Waals surface area contributed by atoms with E-state index in [1.54, 1.807) is 30.3 Å². The standard InChI is InChI=1S/C16H22N2O2.ClH/c1-2-10-20-15-7-5-14(6-8-15)16(19)18-12-13-4-3-9-17-11-13;/h2,5-8,13,17H,1,3-4,9-12H2,(H,18,19);1H. The van der Waals surface area contributed by atoms with Crippen LogP contribution in [0.1, 0.15) is 23.2 Å². The van der Waals surface area contributed by atoms with Crippen LogP contribution in [0.3, 0.4) is 0 Å². The molecule has 0 bridgehead atoms. The number of halogens is 1. The average molecular weight is 311 g/mol. The summed E-state index contributed by atoms with van der Waals surface area (Å²) in [6, 6.07) is 7.18. The Kier molecular flexibility index (Phi) is 7.87. The van der Waals surface area contributed by atoms with Crippen LogP contribution < -0.4 is 15.4 Å². The van der Waals surface area contributed by atoms with Crippen molar-refractivity contribution < 1.29 is 9.53 Å². The summed E-state index contributed by atoms with van der Waals surface area (Å²) in [5.74, 6) is 1.27. The summed E-state index contributed by atoms with van der Waals surface area (Å²) in [6.45, 7) is 6.89. The van der Waals surface area contributed by atoms with Crippen LogP contribution in [-0.4, -0.2) is 32.1 Å². The van der Waals surface area contributed by atoms with Gasteiger partial charge < -0.3 is 15.4 Å². The van der Waals surface area contributed by atoms with Crippen molar-refractivity contribution in [2.24, 2.45) is 5.92 Å². The number of ether oxygens (including phenoxy) is 1. The highest BCUT2D eigenvalue weighted by Gasteiger charge is 2.14. The molecule has 1 amide bonds. The number of benzene rings is 1. The van der Waals surface area contributed by atoms with Gasteiger partial charge in [0.1, 0.15) is 12.4 Å². The van der Waals surface area contributed by atoms with Gasteiger partial charge in [-0.2, -0.15) is 0 Å². The zero-order valence-corrected chi connectivity index (χ0v) is 13.0. The second kappa shape index (κ2) is 9.42. The Morgan fingerprint density at radius 2 is 2.19 bits per heavy atom. The van der Waals surface area contributed by atoms with Crippen LogP contribution in [0.4, 0.5) is 0 Å². The summed E-state index contributed by atoms with van der Waals surface area (Å²) in [5, 5.41) is 6.34. The molecule has 4 nitrogen and oxygen atoms in total. The van der Waals surface area contributed by atoms with Gasteiger partial charge in [0, 0.05) is 12.1 Å². The van der Waals surface area contributed by atoms with Crippen LogP contribution >= 0.6 is 12.4 Å². The molecule has 21 heavy (non-hydrogen) atoms. The van der Waals surface area contributed by atoms with E-state index < -0.39 is 0 Å².